The van der Waals surface area contributed by atoms with Crippen molar-refractivity contribution < 1.29 is 14.7 Å². The van der Waals surface area contributed by atoms with Crippen LogP contribution in [-0.2, 0) is 9.59 Å². The molecule has 0 aromatic rings. The molecule has 5 nitrogen and oxygen atoms in total. The number of rotatable bonds is 2. The van der Waals surface area contributed by atoms with E-state index in [0.29, 0.717) is 13.0 Å². The molecule has 0 aromatic heterocycles. The van der Waals surface area contributed by atoms with E-state index in [2.05, 4.69) is 5.32 Å². The van der Waals surface area contributed by atoms with Crippen LogP contribution in [0, 0.1) is 0 Å². The van der Waals surface area contributed by atoms with E-state index in [0.717, 1.165) is 25.8 Å². The molecule has 2 aliphatic rings. The van der Waals surface area contributed by atoms with Gasteiger partial charge < -0.3 is 15.3 Å². The summed E-state index contributed by atoms with van der Waals surface area (Å²) in [7, 11) is 0. The summed E-state index contributed by atoms with van der Waals surface area (Å²) >= 11 is 0. The Morgan fingerprint density at radius 3 is 2.56 bits per heavy atom. The largest absolute Gasteiger partial charge is 0.480 e. The number of carbonyl (C=O) groups is 2. The van der Waals surface area contributed by atoms with Gasteiger partial charge in [0.15, 0.2) is 0 Å². The number of carbonyl (C=O) groups excluding carboxylic acids is 1. The summed E-state index contributed by atoms with van der Waals surface area (Å²) in [6.45, 7) is 1.45. The van der Waals surface area contributed by atoms with Crippen LogP contribution in [0.5, 0.6) is 0 Å². The average Bonchev–Trinajstić information content (AvgIpc) is 2.88. The third kappa shape index (κ3) is 2.77. The van der Waals surface area contributed by atoms with Crippen LogP contribution < -0.4 is 5.32 Å². The summed E-state index contributed by atoms with van der Waals surface area (Å²) in [5.74, 6) is -0.906. The first-order chi connectivity index (χ1) is 7.20. The van der Waals surface area contributed by atoms with Crippen LogP contribution in [0.1, 0.15) is 25.7 Å². The fourth-order valence-corrected chi connectivity index (χ4v) is 2.38. The van der Waals surface area contributed by atoms with Gasteiger partial charge in [-0.3, -0.25) is 4.79 Å². The Morgan fingerprint density at radius 2 is 2.00 bits per heavy atom. The second kappa shape index (κ2) is 6.00. The van der Waals surface area contributed by atoms with E-state index in [4.69, 9.17) is 5.11 Å². The maximum absolute atomic E-state index is 12.0. The minimum absolute atomic E-state index is 0. The molecule has 0 aliphatic carbocycles. The Bertz CT molecular complexity index is 279. The quantitative estimate of drug-likeness (QED) is 0.629. The maximum atomic E-state index is 12.0. The normalized spacial score (nSPS) is 28.9. The third-order valence-corrected chi connectivity index (χ3v) is 3.18. The molecule has 2 heterocycles. The molecule has 1 amide bonds. The van der Waals surface area contributed by atoms with Gasteiger partial charge in [0.2, 0.25) is 5.91 Å². The third-order valence-electron chi connectivity index (χ3n) is 3.18. The van der Waals surface area contributed by atoms with Gasteiger partial charge in [0, 0.05) is 36.1 Å². The van der Waals surface area contributed by atoms with E-state index in [-0.39, 0.29) is 41.5 Å². The van der Waals surface area contributed by atoms with Crippen LogP contribution >= 0.6 is 0 Å². The number of carboxylic acids is 1. The van der Waals surface area contributed by atoms with Crippen molar-refractivity contribution in [3.8, 4) is 0 Å². The number of likely N-dealkylation sites (tertiary alicyclic amines) is 1. The van der Waals surface area contributed by atoms with Gasteiger partial charge in [-0.2, -0.15) is 0 Å². The van der Waals surface area contributed by atoms with E-state index >= 15 is 0 Å². The Labute approximate surface area is 117 Å². The zero-order valence-corrected chi connectivity index (χ0v) is 11.6. The Kier molecular flexibility index (Phi) is 5.24. The van der Waals surface area contributed by atoms with Crippen LogP contribution in [0.2, 0.25) is 0 Å². The van der Waals surface area contributed by atoms with Gasteiger partial charge >= 0.3 is 5.97 Å². The molecule has 0 saturated carbocycles. The first-order valence-electron chi connectivity index (χ1n) is 5.47. The second-order valence-electron chi connectivity index (χ2n) is 4.18. The fourth-order valence-electron chi connectivity index (χ4n) is 2.38. The van der Waals surface area contributed by atoms with Crippen molar-refractivity contribution >= 4 is 41.4 Å². The van der Waals surface area contributed by atoms with Gasteiger partial charge in [0.25, 0.3) is 0 Å². The molecule has 1 radical (unpaired) electrons. The molecule has 0 bridgehead atoms. The number of aliphatic carboxylic acids is 1. The molecular formula is C10H16N2NaO3. The van der Waals surface area contributed by atoms with Crippen molar-refractivity contribution in [3.63, 3.8) is 0 Å². The van der Waals surface area contributed by atoms with Gasteiger partial charge in [-0.15, -0.1) is 0 Å². The van der Waals surface area contributed by atoms with Gasteiger partial charge in [0.1, 0.15) is 6.04 Å². The topological polar surface area (TPSA) is 69.6 Å². The Balaban J connectivity index is 0.00000128. The minimum Gasteiger partial charge on any atom is -0.480 e. The Morgan fingerprint density at radius 1 is 1.25 bits per heavy atom. The van der Waals surface area contributed by atoms with Gasteiger partial charge in [-0.05, 0) is 32.2 Å². The van der Waals surface area contributed by atoms with E-state index in [1.807, 2.05) is 0 Å². The summed E-state index contributed by atoms with van der Waals surface area (Å²) in [4.78, 5) is 24.4. The zero-order chi connectivity index (χ0) is 10.8. The van der Waals surface area contributed by atoms with E-state index < -0.39 is 12.0 Å². The molecule has 2 rings (SSSR count). The number of hydrogen-bond donors (Lipinski definition) is 2. The molecule has 85 valence electrons. The fraction of sp³-hybridized carbons (Fsp3) is 0.800. The number of nitrogens with one attached hydrogen (secondary N) is 1. The van der Waals surface area contributed by atoms with Gasteiger partial charge in [-0.25, -0.2) is 4.79 Å². The second-order valence-corrected chi connectivity index (χ2v) is 4.18. The smallest absolute Gasteiger partial charge is 0.326 e. The van der Waals surface area contributed by atoms with Gasteiger partial charge in [-0.1, -0.05) is 0 Å². The minimum atomic E-state index is -0.876. The molecule has 0 spiro atoms. The number of amides is 1. The average molecular weight is 235 g/mol. The van der Waals surface area contributed by atoms with Crippen LogP contribution in [0.3, 0.4) is 0 Å². The first-order valence-corrected chi connectivity index (χ1v) is 5.47. The van der Waals surface area contributed by atoms with Crippen LogP contribution in [0.25, 0.3) is 0 Å². The molecule has 16 heavy (non-hydrogen) atoms. The molecule has 6 heteroatoms. The molecule has 0 aromatic carbocycles. The predicted octanol–water partition coefficient (Wildman–Crippen LogP) is -0.567. The predicted molar refractivity (Wildman–Crippen MR) is 59.1 cm³/mol. The van der Waals surface area contributed by atoms with Crippen LogP contribution in [0.15, 0.2) is 0 Å². The molecule has 2 aliphatic heterocycles. The standard InChI is InChI=1S/C10H16N2O3.Na/c13-9(7-3-1-5-11-7)12-6-2-4-8(12)10(14)15;/h7-8,11H,1-6H2,(H,14,15);/t7-,8-;/m0./s1. The van der Waals surface area contributed by atoms with E-state index in [1.165, 1.54) is 4.90 Å². The SMILES string of the molecule is O=C(O)[C@@H]1CCCN1C(=O)[C@@H]1CCCN1.[Na]. The summed E-state index contributed by atoms with van der Waals surface area (Å²) in [5.41, 5.74) is 0. The summed E-state index contributed by atoms with van der Waals surface area (Å²) in [6, 6.07) is -0.746. The number of nitrogens with zero attached hydrogens (tertiary/aromatic N) is 1. The van der Waals surface area contributed by atoms with Crippen LogP contribution in [0.4, 0.5) is 0 Å². The first kappa shape index (κ1) is 14.0. The van der Waals surface area contributed by atoms with Crippen molar-refractivity contribution in [1.82, 2.24) is 10.2 Å². The van der Waals surface area contributed by atoms with Crippen molar-refractivity contribution in [2.75, 3.05) is 13.1 Å². The molecule has 2 atom stereocenters. The summed E-state index contributed by atoms with van der Waals surface area (Å²) in [5, 5.41) is 12.1. The summed E-state index contributed by atoms with van der Waals surface area (Å²) < 4.78 is 0. The number of carboxylic acid groups (broad SMARTS) is 1. The number of hydrogen-bond acceptors (Lipinski definition) is 3. The Hall–Kier alpha value is -0.100. The molecule has 2 N–H and O–H groups in total. The van der Waals surface area contributed by atoms with Crippen molar-refractivity contribution in [3.05, 3.63) is 0 Å². The van der Waals surface area contributed by atoms with Crippen molar-refractivity contribution in [2.24, 2.45) is 0 Å². The molecule has 2 fully saturated rings. The summed E-state index contributed by atoms with van der Waals surface area (Å²) in [6.07, 6.45) is 3.23. The molecular weight excluding hydrogens is 219 g/mol. The van der Waals surface area contributed by atoms with Crippen LogP contribution in [-0.4, -0.2) is 76.6 Å². The zero-order valence-electron chi connectivity index (χ0n) is 9.61. The molecule has 0 unspecified atom stereocenters. The van der Waals surface area contributed by atoms with E-state index in [9.17, 15) is 9.59 Å². The monoisotopic (exact) mass is 235 g/mol. The van der Waals surface area contributed by atoms with E-state index in [1.54, 1.807) is 0 Å². The van der Waals surface area contributed by atoms with Gasteiger partial charge in [0.05, 0.1) is 6.04 Å². The molecule has 2 saturated heterocycles. The van der Waals surface area contributed by atoms with Crippen molar-refractivity contribution in [2.45, 2.75) is 37.8 Å². The maximum Gasteiger partial charge on any atom is 0.326 e. The van der Waals surface area contributed by atoms with Crippen molar-refractivity contribution in [1.29, 1.82) is 0 Å².